The van der Waals surface area contributed by atoms with Gasteiger partial charge in [0.15, 0.2) is 9.84 Å². The van der Waals surface area contributed by atoms with E-state index in [9.17, 15) is 16.8 Å². The summed E-state index contributed by atoms with van der Waals surface area (Å²) in [4.78, 5) is 0. The van der Waals surface area contributed by atoms with E-state index in [1.54, 1.807) is 0 Å². The number of nitrogens with one attached hydrogen (secondary N) is 1. The lowest BCUT2D eigenvalue weighted by atomic mass is 9.92. The van der Waals surface area contributed by atoms with Crippen molar-refractivity contribution in [3.05, 3.63) is 0 Å². The number of nitrogens with two attached hydrogens (primary N) is 1. The molecule has 1 unspecified atom stereocenters. The lowest BCUT2D eigenvalue weighted by molar-refractivity contribution is 0.360. The number of hydrogen-bond acceptors (Lipinski definition) is 5. The Morgan fingerprint density at radius 3 is 2.33 bits per heavy atom. The largest absolute Gasteiger partial charge is 0.326 e. The van der Waals surface area contributed by atoms with Crippen molar-refractivity contribution in [2.75, 3.05) is 11.5 Å². The highest BCUT2D eigenvalue weighted by molar-refractivity contribution is 7.95. The fourth-order valence-electron chi connectivity index (χ4n) is 2.62. The van der Waals surface area contributed by atoms with Gasteiger partial charge in [-0.3, -0.25) is 0 Å². The molecule has 0 aromatic carbocycles. The van der Waals surface area contributed by atoms with Crippen LogP contribution in [0.4, 0.5) is 0 Å². The Morgan fingerprint density at radius 2 is 1.78 bits per heavy atom. The van der Waals surface area contributed by atoms with Crippen LogP contribution in [0.1, 0.15) is 32.1 Å². The van der Waals surface area contributed by atoms with Crippen molar-refractivity contribution in [2.24, 2.45) is 5.73 Å². The van der Waals surface area contributed by atoms with Crippen molar-refractivity contribution in [1.29, 1.82) is 0 Å². The number of rotatable bonds is 3. The Hall–Kier alpha value is -0.180. The summed E-state index contributed by atoms with van der Waals surface area (Å²) >= 11 is 0. The van der Waals surface area contributed by atoms with E-state index in [1.807, 2.05) is 0 Å². The number of sulfonamides is 1. The highest BCUT2D eigenvalue weighted by atomic mass is 32.2. The Bertz CT molecular complexity index is 500. The maximum Gasteiger partial charge on any atom is 0.215 e. The Morgan fingerprint density at radius 1 is 1.11 bits per heavy atom. The maximum atomic E-state index is 12.1. The lowest BCUT2D eigenvalue weighted by Crippen LogP contribution is -2.51. The van der Waals surface area contributed by atoms with Crippen molar-refractivity contribution in [3.8, 4) is 0 Å². The molecule has 6 nitrogen and oxygen atoms in total. The Labute approximate surface area is 108 Å². The molecule has 2 aliphatic rings. The second-order valence-corrected chi connectivity index (χ2v) is 9.46. The third kappa shape index (κ3) is 3.23. The standard InChI is InChI=1S/C10H20N2O4S2/c11-9-3-1-2-4-10(9)12-18(15,16)8-5-6-17(13,14)7-8/h8-10,12H,1-7,11H2/t8?,9-,10-/m1/s1. The third-order valence-corrected chi connectivity index (χ3v) is 7.65. The zero-order valence-electron chi connectivity index (χ0n) is 10.2. The van der Waals surface area contributed by atoms with Crippen LogP contribution in [0.5, 0.6) is 0 Å². The summed E-state index contributed by atoms with van der Waals surface area (Å²) in [6.07, 6.45) is 3.73. The van der Waals surface area contributed by atoms with Gasteiger partial charge in [0.2, 0.25) is 10.0 Å². The molecule has 1 saturated heterocycles. The van der Waals surface area contributed by atoms with E-state index in [2.05, 4.69) is 4.72 Å². The zero-order chi connectivity index (χ0) is 13.4. The molecule has 0 radical (unpaired) electrons. The van der Waals surface area contributed by atoms with Gasteiger partial charge in [-0.1, -0.05) is 12.8 Å². The van der Waals surface area contributed by atoms with Crippen LogP contribution in [0.15, 0.2) is 0 Å². The molecule has 3 atom stereocenters. The molecular formula is C10H20N2O4S2. The summed E-state index contributed by atoms with van der Waals surface area (Å²) in [7, 11) is -6.76. The van der Waals surface area contributed by atoms with Crippen molar-refractivity contribution >= 4 is 19.9 Å². The minimum atomic E-state index is -3.57. The van der Waals surface area contributed by atoms with Gasteiger partial charge in [0.05, 0.1) is 16.8 Å². The Balaban J connectivity index is 2.03. The second kappa shape index (κ2) is 5.07. The van der Waals surface area contributed by atoms with Crippen molar-refractivity contribution in [1.82, 2.24) is 4.72 Å². The summed E-state index contributed by atoms with van der Waals surface area (Å²) in [5, 5.41) is -0.809. The predicted molar refractivity (Wildman–Crippen MR) is 69.3 cm³/mol. The normalized spacial score (nSPS) is 36.6. The average Bonchev–Trinajstić information content (AvgIpc) is 2.63. The topological polar surface area (TPSA) is 106 Å². The number of hydrogen-bond donors (Lipinski definition) is 2. The van der Waals surface area contributed by atoms with E-state index in [0.29, 0.717) is 0 Å². The van der Waals surface area contributed by atoms with Gasteiger partial charge in [-0.2, -0.15) is 0 Å². The van der Waals surface area contributed by atoms with Crippen LogP contribution >= 0.6 is 0 Å². The molecule has 18 heavy (non-hydrogen) atoms. The van der Waals surface area contributed by atoms with E-state index in [-0.39, 0.29) is 30.0 Å². The van der Waals surface area contributed by atoms with Crippen LogP contribution in [0.2, 0.25) is 0 Å². The van der Waals surface area contributed by atoms with Gasteiger partial charge in [-0.15, -0.1) is 0 Å². The van der Waals surface area contributed by atoms with Crippen LogP contribution in [0.25, 0.3) is 0 Å². The fourth-order valence-corrected chi connectivity index (χ4v) is 6.99. The predicted octanol–water partition coefficient (Wildman–Crippen LogP) is -0.637. The first-order valence-corrected chi connectivity index (χ1v) is 9.64. The third-order valence-electron chi connectivity index (χ3n) is 3.76. The summed E-state index contributed by atoms with van der Waals surface area (Å²) in [6.45, 7) is 0. The molecule has 0 spiro atoms. The zero-order valence-corrected chi connectivity index (χ0v) is 11.8. The first kappa shape index (κ1) is 14.2. The van der Waals surface area contributed by atoms with Gasteiger partial charge in [0.25, 0.3) is 0 Å². The summed E-state index contributed by atoms with van der Waals surface area (Å²) in [5.74, 6) is -0.292. The van der Waals surface area contributed by atoms with E-state index in [1.165, 1.54) is 0 Å². The molecule has 106 valence electrons. The minimum Gasteiger partial charge on any atom is -0.326 e. The highest BCUT2D eigenvalue weighted by Gasteiger charge is 2.39. The van der Waals surface area contributed by atoms with Gasteiger partial charge in [-0.05, 0) is 19.3 Å². The van der Waals surface area contributed by atoms with Crippen LogP contribution in [-0.2, 0) is 19.9 Å². The summed E-state index contributed by atoms with van der Waals surface area (Å²) < 4.78 is 49.5. The molecule has 0 aromatic heterocycles. The monoisotopic (exact) mass is 296 g/mol. The van der Waals surface area contributed by atoms with E-state index in [4.69, 9.17) is 5.73 Å². The van der Waals surface area contributed by atoms with Crippen LogP contribution < -0.4 is 10.5 Å². The first-order valence-electron chi connectivity index (χ1n) is 6.27. The van der Waals surface area contributed by atoms with Gasteiger partial charge in [-0.25, -0.2) is 21.6 Å². The molecular weight excluding hydrogens is 276 g/mol. The smallest absolute Gasteiger partial charge is 0.215 e. The SMILES string of the molecule is N[C@@H]1CCCC[C@H]1NS(=O)(=O)C1CCS(=O)(=O)C1. The molecule has 8 heteroatoms. The quantitative estimate of drug-likeness (QED) is 0.720. The van der Waals surface area contributed by atoms with Gasteiger partial charge in [0.1, 0.15) is 0 Å². The molecule has 0 aromatic rings. The van der Waals surface area contributed by atoms with Crippen molar-refractivity contribution in [3.63, 3.8) is 0 Å². The molecule has 2 rings (SSSR count). The van der Waals surface area contributed by atoms with E-state index < -0.39 is 25.1 Å². The average molecular weight is 296 g/mol. The van der Waals surface area contributed by atoms with Gasteiger partial charge >= 0.3 is 0 Å². The highest BCUT2D eigenvalue weighted by Crippen LogP contribution is 2.22. The molecule has 1 aliphatic carbocycles. The molecule has 0 amide bonds. The summed E-state index contributed by atoms with van der Waals surface area (Å²) in [6, 6.07) is -0.404. The fraction of sp³-hybridized carbons (Fsp3) is 1.00. The van der Waals surface area contributed by atoms with Gasteiger partial charge in [0, 0.05) is 12.1 Å². The number of sulfone groups is 1. The molecule has 2 fully saturated rings. The Kier molecular flexibility index (Phi) is 4.01. The summed E-state index contributed by atoms with van der Waals surface area (Å²) in [5.41, 5.74) is 5.89. The second-order valence-electron chi connectivity index (χ2n) is 5.24. The maximum absolute atomic E-state index is 12.1. The van der Waals surface area contributed by atoms with Crippen LogP contribution in [0, 0.1) is 0 Å². The van der Waals surface area contributed by atoms with Crippen LogP contribution in [0.3, 0.4) is 0 Å². The van der Waals surface area contributed by atoms with Crippen molar-refractivity contribution < 1.29 is 16.8 Å². The van der Waals surface area contributed by atoms with E-state index >= 15 is 0 Å². The minimum absolute atomic E-state index is 0.0324. The van der Waals surface area contributed by atoms with Crippen LogP contribution in [-0.4, -0.2) is 45.7 Å². The van der Waals surface area contributed by atoms with Gasteiger partial charge < -0.3 is 5.73 Å². The molecule has 3 N–H and O–H groups in total. The first-order chi connectivity index (χ1) is 8.30. The molecule has 1 aliphatic heterocycles. The van der Waals surface area contributed by atoms with E-state index in [0.717, 1.165) is 25.7 Å². The molecule has 0 bridgehead atoms. The lowest BCUT2D eigenvalue weighted by Gasteiger charge is -2.29. The van der Waals surface area contributed by atoms with Crippen molar-refractivity contribution in [2.45, 2.75) is 49.4 Å². The molecule has 1 saturated carbocycles. The molecule has 1 heterocycles.